The van der Waals surface area contributed by atoms with Crippen LogP contribution < -0.4 is 4.57 Å². The van der Waals surface area contributed by atoms with E-state index in [0.29, 0.717) is 0 Å². The van der Waals surface area contributed by atoms with E-state index in [0.717, 1.165) is 0 Å². The second kappa shape index (κ2) is 5.72. The van der Waals surface area contributed by atoms with Gasteiger partial charge >= 0.3 is 0 Å². The van der Waals surface area contributed by atoms with Gasteiger partial charge in [0.25, 0.3) is 0 Å². The number of nitrogens with zero attached hydrogens (tertiary/aromatic N) is 2. The van der Waals surface area contributed by atoms with E-state index in [1.165, 1.54) is 22.4 Å². The molecule has 0 N–H and O–H groups in total. The van der Waals surface area contributed by atoms with Gasteiger partial charge in [-0.3, -0.25) is 4.98 Å². The van der Waals surface area contributed by atoms with Crippen LogP contribution in [0.5, 0.6) is 0 Å². The summed E-state index contributed by atoms with van der Waals surface area (Å²) in [4.78, 5) is 4.06. The Morgan fingerprint density at radius 1 is 0.727 bits per heavy atom. The van der Waals surface area contributed by atoms with Crippen LogP contribution in [-0.2, 0) is 5.41 Å². The van der Waals surface area contributed by atoms with Crippen molar-refractivity contribution in [3.05, 3.63) is 78.9 Å². The van der Waals surface area contributed by atoms with Crippen LogP contribution in [0.2, 0.25) is 0 Å². The topological polar surface area (TPSA) is 16.8 Å². The largest absolute Gasteiger partial charge is 0.265 e. The van der Waals surface area contributed by atoms with E-state index in [2.05, 4.69) is 79.1 Å². The minimum absolute atomic E-state index is 0.189. The molecule has 0 aliphatic carbocycles. The van der Waals surface area contributed by atoms with Crippen LogP contribution in [0.25, 0.3) is 16.8 Å². The quantitative estimate of drug-likeness (QED) is 0.642. The first kappa shape index (κ1) is 14.5. The van der Waals surface area contributed by atoms with Crippen LogP contribution in [0.15, 0.2) is 73.3 Å². The first-order valence-corrected chi connectivity index (χ1v) is 7.57. The second-order valence-corrected chi connectivity index (χ2v) is 6.53. The minimum atomic E-state index is 0.189. The average Bonchev–Trinajstić information content (AvgIpc) is 2.55. The number of pyridine rings is 2. The average molecular weight is 289 g/mol. The molecule has 3 aromatic rings. The van der Waals surface area contributed by atoms with Gasteiger partial charge in [-0.1, -0.05) is 32.9 Å². The number of hydrogen-bond donors (Lipinski definition) is 0. The van der Waals surface area contributed by atoms with Crippen LogP contribution in [0.3, 0.4) is 0 Å². The summed E-state index contributed by atoms with van der Waals surface area (Å²) in [6.07, 6.45) is 7.84. The van der Waals surface area contributed by atoms with Crippen molar-refractivity contribution in [1.29, 1.82) is 0 Å². The lowest BCUT2D eigenvalue weighted by molar-refractivity contribution is -0.595. The van der Waals surface area contributed by atoms with Crippen molar-refractivity contribution in [2.24, 2.45) is 0 Å². The molecule has 0 spiro atoms. The van der Waals surface area contributed by atoms with Crippen LogP contribution >= 0.6 is 0 Å². The maximum atomic E-state index is 4.06. The monoisotopic (exact) mass is 289 g/mol. The fourth-order valence-electron chi connectivity index (χ4n) is 2.47. The van der Waals surface area contributed by atoms with Crippen LogP contribution in [0.1, 0.15) is 26.3 Å². The lowest BCUT2D eigenvalue weighted by Gasteiger charge is -2.18. The van der Waals surface area contributed by atoms with Crippen LogP contribution in [0.4, 0.5) is 0 Å². The zero-order chi connectivity index (χ0) is 15.6. The third kappa shape index (κ3) is 3.06. The van der Waals surface area contributed by atoms with E-state index in [-0.39, 0.29) is 5.41 Å². The van der Waals surface area contributed by atoms with Crippen molar-refractivity contribution in [2.75, 3.05) is 0 Å². The van der Waals surface area contributed by atoms with Crippen molar-refractivity contribution in [3.8, 4) is 16.8 Å². The van der Waals surface area contributed by atoms with Gasteiger partial charge in [0.05, 0.1) is 0 Å². The van der Waals surface area contributed by atoms with E-state index >= 15 is 0 Å². The van der Waals surface area contributed by atoms with Crippen LogP contribution in [-0.4, -0.2) is 4.98 Å². The molecule has 2 aromatic heterocycles. The summed E-state index contributed by atoms with van der Waals surface area (Å²) in [7, 11) is 0. The Kier molecular flexibility index (Phi) is 3.76. The summed E-state index contributed by atoms with van der Waals surface area (Å²) in [5.41, 5.74) is 5.10. The van der Waals surface area contributed by atoms with Crippen molar-refractivity contribution in [1.82, 2.24) is 4.98 Å². The predicted molar refractivity (Wildman–Crippen MR) is 89.9 cm³/mol. The normalized spacial score (nSPS) is 11.4. The maximum absolute atomic E-state index is 4.06. The van der Waals surface area contributed by atoms with Gasteiger partial charge in [0, 0.05) is 36.7 Å². The molecule has 0 aliphatic heterocycles. The molecule has 2 heterocycles. The summed E-state index contributed by atoms with van der Waals surface area (Å²) in [5, 5.41) is 0. The Morgan fingerprint density at radius 2 is 1.27 bits per heavy atom. The van der Waals surface area contributed by atoms with E-state index in [1.807, 2.05) is 24.5 Å². The highest BCUT2D eigenvalue weighted by Crippen LogP contribution is 2.22. The summed E-state index contributed by atoms with van der Waals surface area (Å²) in [6, 6.07) is 17.1. The molecule has 0 saturated heterocycles. The molecule has 0 fully saturated rings. The second-order valence-electron chi connectivity index (χ2n) is 6.53. The van der Waals surface area contributed by atoms with Gasteiger partial charge in [-0.2, -0.15) is 4.57 Å². The van der Waals surface area contributed by atoms with Crippen molar-refractivity contribution < 1.29 is 4.57 Å². The summed E-state index contributed by atoms with van der Waals surface area (Å²) >= 11 is 0. The molecule has 2 nitrogen and oxygen atoms in total. The standard InChI is InChI=1S/C20H21N2/c1-20(2,3)18-4-6-19(7-5-18)22-14-10-17(11-15-22)16-8-12-21-13-9-16/h4-15H,1-3H3/q+1. The molecule has 1 aromatic carbocycles. The van der Waals surface area contributed by atoms with Gasteiger partial charge in [-0.05, 0) is 34.2 Å². The maximum Gasteiger partial charge on any atom is 0.210 e. The highest BCUT2D eigenvalue weighted by Gasteiger charge is 2.14. The van der Waals surface area contributed by atoms with E-state index < -0.39 is 0 Å². The molecular formula is C20H21N2+. The minimum Gasteiger partial charge on any atom is -0.265 e. The first-order chi connectivity index (χ1) is 10.5. The van der Waals surface area contributed by atoms with Gasteiger partial charge < -0.3 is 0 Å². The highest BCUT2D eigenvalue weighted by molar-refractivity contribution is 5.61. The number of aromatic nitrogens is 2. The molecule has 0 radical (unpaired) electrons. The summed E-state index contributed by atoms with van der Waals surface area (Å²) < 4.78 is 2.14. The Hall–Kier alpha value is -2.48. The lowest BCUT2D eigenvalue weighted by Crippen LogP contribution is -2.29. The van der Waals surface area contributed by atoms with Crippen molar-refractivity contribution in [3.63, 3.8) is 0 Å². The Morgan fingerprint density at radius 3 is 1.82 bits per heavy atom. The zero-order valence-corrected chi connectivity index (χ0v) is 13.3. The molecule has 0 aliphatic rings. The van der Waals surface area contributed by atoms with E-state index in [1.54, 1.807) is 0 Å². The molecule has 0 bridgehead atoms. The third-order valence-corrected chi connectivity index (χ3v) is 3.87. The molecule has 0 atom stereocenters. The molecule has 0 saturated carbocycles. The number of rotatable bonds is 2. The SMILES string of the molecule is CC(C)(C)c1ccc(-[n+]2ccc(-c3ccncc3)cc2)cc1. The smallest absolute Gasteiger partial charge is 0.210 e. The molecule has 22 heavy (non-hydrogen) atoms. The predicted octanol–water partition coefficient (Wildman–Crippen LogP) is 4.32. The lowest BCUT2D eigenvalue weighted by atomic mass is 9.87. The Labute approximate surface area is 132 Å². The van der Waals surface area contributed by atoms with Gasteiger partial charge in [-0.15, -0.1) is 0 Å². The Bertz CT molecular complexity index is 736. The molecule has 110 valence electrons. The number of hydrogen-bond acceptors (Lipinski definition) is 1. The van der Waals surface area contributed by atoms with Gasteiger partial charge in [-0.25, -0.2) is 0 Å². The molecule has 3 rings (SSSR count). The van der Waals surface area contributed by atoms with Gasteiger partial charge in [0.15, 0.2) is 12.4 Å². The van der Waals surface area contributed by atoms with E-state index in [4.69, 9.17) is 0 Å². The highest BCUT2D eigenvalue weighted by atomic mass is 14.9. The van der Waals surface area contributed by atoms with E-state index in [9.17, 15) is 0 Å². The van der Waals surface area contributed by atoms with Gasteiger partial charge in [0.1, 0.15) is 0 Å². The summed E-state index contributed by atoms with van der Waals surface area (Å²) in [5.74, 6) is 0. The number of benzene rings is 1. The molecule has 0 amide bonds. The van der Waals surface area contributed by atoms with Crippen LogP contribution in [0, 0.1) is 0 Å². The van der Waals surface area contributed by atoms with Gasteiger partial charge in [0.2, 0.25) is 5.69 Å². The van der Waals surface area contributed by atoms with Crippen molar-refractivity contribution in [2.45, 2.75) is 26.2 Å². The molecular weight excluding hydrogens is 268 g/mol. The third-order valence-electron chi connectivity index (χ3n) is 3.87. The van der Waals surface area contributed by atoms with Crippen molar-refractivity contribution >= 4 is 0 Å². The molecule has 0 unspecified atom stereocenters. The summed E-state index contributed by atoms with van der Waals surface area (Å²) in [6.45, 7) is 6.70. The zero-order valence-electron chi connectivity index (χ0n) is 13.3. The fourth-order valence-corrected chi connectivity index (χ4v) is 2.47. The Balaban J connectivity index is 1.87. The fraction of sp³-hybridized carbons (Fsp3) is 0.200. The molecule has 2 heteroatoms. The first-order valence-electron chi connectivity index (χ1n) is 7.57.